The van der Waals surface area contributed by atoms with Crippen LogP contribution >= 0.6 is 0 Å². The van der Waals surface area contributed by atoms with Gasteiger partial charge in [-0.15, -0.1) is 0 Å². The lowest BCUT2D eigenvalue weighted by Crippen LogP contribution is -2.48. The van der Waals surface area contributed by atoms with Crippen molar-refractivity contribution in [3.05, 3.63) is 66.7 Å². The fourth-order valence-corrected chi connectivity index (χ4v) is 3.36. The van der Waals surface area contributed by atoms with Gasteiger partial charge in [-0.25, -0.2) is 9.97 Å². The fourth-order valence-electron chi connectivity index (χ4n) is 3.36. The zero-order valence-electron chi connectivity index (χ0n) is 16.6. The first-order valence-electron chi connectivity index (χ1n) is 9.68. The van der Waals surface area contributed by atoms with Crippen molar-refractivity contribution in [2.45, 2.75) is 13.0 Å². The molecule has 1 saturated heterocycles. The third-order valence-corrected chi connectivity index (χ3v) is 5.20. The summed E-state index contributed by atoms with van der Waals surface area (Å²) < 4.78 is 0. The molecule has 2 aromatic heterocycles. The molecule has 0 radical (unpaired) electrons. The smallest absolute Gasteiger partial charge is 0.241 e. The number of likely N-dealkylation sites (N-methyl/N-ethyl adjacent to an activating group) is 1. The van der Waals surface area contributed by atoms with Gasteiger partial charge in [0, 0.05) is 44.6 Å². The molecule has 4 rings (SSSR count). The Kier molecular flexibility index (Phi) is 5.37. The van der Waals surface area contributed by atoms with Gasteiger partial charge in [-0.2, -0.15) is 0 Å². The maximum atomic E-state index is 12.0. The molecule has 148 valence electrons. The Morgan fingerprint density at radius 2 is 1.90 bits per heavy atom. The monoisotopic (exact) mass is 388 g/mol. The normalized spacial score (nSPS) is 15.3. The molecule has 1 N–H and O–H groups in total. The molecule has 7 heteroatoms. The van der Waals surface area contributed by atoms with Crippen molar-refractivity contribution in [2.75, 3.05) is 36.9 Å². The maximum absolute atomic E-state index is 12.0. The van der Waals surface area contributed by atoms with Crippen LogP contribution in [0, 0.1) is 0 Å². The minimum absolute atomic E-state index is 0.0785. The molecule has 1 fully saturated rings. The molecule has 0 bridgehead atoms. The fraction of sp³-hybridized carbons (Fsp3) is 0.273. The molecular weight excluding hydrogens is 364 g/mol. The highest BCUT2D eigenvalue weighted by Crippen LogP contribution is 2.24. The molecule has 1 atom stereocenters. The van der Waals surface area contributed by atoms with E-state index in [1.54, 1.807) is 17.4 Å². The number of hydrogen-bond donors (Lipinski definition) is 1. The van der Waals surface area contributed by atoms with E-state index in [0.717, 1.165) is 34.9 Å². The average Bonchev–Trinajstić information content (AvgIpc) is 2.76. The second-order valence-corrected chi connectivity index (χ2v) is 7.23. The number of carbonyl (C=O) groups excluding carboxylic acids is 1. The number of carbonyl (C=O) groups is 1. The summed E-state index contributed by atoms with van der Waals surface area (Å²) in [5.74, 6) is 1.61. The van der Waals surface area contributed by atoms with Gasteiger partial charge in [-0.1, -0.05) is 30.3 Å². The van der Waals surface area contributed by atoms with Crippen LogP contribution in [-0.4, -0.2) is 52.4 Å². The lowest BCUT2D eigenvalue weighted by Gasteiger charge is -2.32. The van der Waals surface area contributed by atoms with Gasteiger partial charge in [-0.05, 0) is 29.7 Å². The van der Waals surface area contributed by atoms with E-state index < -0.39 is 0 Å². The van der Waals surface area contributed by atoms with Crippen molar-refractivity contribution < 1.29 is 4.79 Å². The number of piperazine rings is 1. The molecule has 0 spiro atoms. The minimum atomic E-state index is 0.0785. The highest BCUT2D eigenvalue weighted by Gasteiger charge is 2.22. The zero-order valence-corrected chi connectivity index (χ0v) is 16.6. The van der Waals surface area contributed by atoms with Crippen LogP contribution in [0.5, 0.6) is 0 Å². The summed E-state index contributed by atoms with van der Waals surface area (Å²) in [5.41, 5.74) is 3.40. The Morgan fingerprint density at radius 3 is 2.62 bits per heavy atom. The van der Waals surface area contributed by atoms with Gasteiger partial charge >= 0.3 is 0 Å². The number of anilines is 2. The first-order valence-corrected chi connectivity index (χ1v) is 9.68. The Labute approximate surface area is 170 Å². The standard InChI is InChI=1S/C22H24N6O/c1-16(17-5-7-18(8-6-17)19-4-3-9-23-13-19)26-20-12-21(25-15-24-20)28-11-10-27(2)22(29)14-28/h3-9,12-13,15-16H,10-11,14H2,1-2H3,(H,24,25,26). The van der Waals surface area contributed by atoms with Crippen molar-refractivity contribution >= 4 is 17.5 Å². The lowest BCUT2D eigenvalue weighted by molar-refractivity contribution is -0.129. The van der Waals surface area contributed by atoms with Gasteiger partial charge in [0.15, 0.2) is 0 Å². The second-order valence-electron chi connectivity index (χ2n) is 7.23. The molecule has 1 amide bonds. The van der Waals surface area contributed by atoms with Gasteiger partial charge in [0.1, 0.15) is 18.0 Å². The van der Waals surface area contributed by atoms with Crippen LogP contribution in [0.2, 0.25) is 0 Å². The summed E-state index contributed by atoms with van der Waals surface area (Å²) in [5, 5.41) is 3.43. The van der Waals surface area contributed by atoms with Crippen LogP contribution in [0.15, 0.2) is 61.2 Å². The molecule has 0 saturated carbocycles. The topological polar surface area (TPSA) is 74.2 Å². The molecule has 3 aromatic rings. The number of aromatic nitrogens is 3. The van der Waals surface area contributed by atoms with Crippen LogP contribution in [0.3, 0.4) is 0 Å². The minimum Gasteiger partial charge on any atom is -0.363 e. The summed E-state index contributed by atoms with van der Waals surface area (Å²) in [6.45, 7) is 3.91. The van der Waals surface area contributed by atoms with Gasteiger partial charge < -0.3 is 15.1 Å². The summed E-state index contributed by atoms with van der Waals surface area (Å²) in [6.07, 6.45) is 5.18. The first-order chi connectivity index (χ1) is 14.1. The molecule has 1 unspecified atom stereocenters. The highest BCUT2D eigenvalue weighted by atomic mass is 16.2. The summed E-state index contributed by atoms with van der Waals surface area (Å²) in [4.78, 5) is 28.6. The molecule has 29 heavy (non-hydrogen) atoms. The summed E-state index contributed by atoms with van der Waals surface area (Å²) in [6, 6.07) is 14.4. The molecule has 1 aliphatic heterocycles. The van der Waals surface area contributed by atoms with E-state index in [0.29, 0.717) is 13.1 Å². The van der Waals surface area contributed by atoms with Crippen LogP contribution in [0.1, 0.15) is 18.5 Å². The number of benzene rings is 1. The molecule has 1 aliphatic rings. The number of rotatable bonds is 5. The van der Waals surface area contributed by atoms with Crippen molar-refractivity contribution in [1.82, 2.24) is 19.9 Å². The average molecular weight is 388 g/mol. The zero-order chi connectivity index (χ0) is 20.2. The third kappa shape index (κ3) is 4.34. The van der Waals surface area contributed by atoms with E-state index in [4.69, 9.17) is 0 Å². The van der Waals surface area contributed by atoms with E-state index in [-0.39, 0.29) is 11.9 Å². The van der Waals surface area contributed by atoms with Crippen LogP contribution in [-0.2, 0) is 4.79 Å². The predicted molar refractivity (Wildman–Crippen MR) is 114 cm³/mol. The second kappa shape index (κ2) is 8.26. The van der Waals surface area contributed by atoms with Gasteiger partial charge in [0.25, 0.3) is 0 Å². The Hall–Kier alpha value is -3.48. The van der Waals surface area contributed by atoms with Crippen molar-refractivity contribution in [2.24, 2.45) is 0 Å². The highest BCUT2D eigenvalue weighted by molar-refractivity contribution is 5.82. The molecular formula is C22H24N6O. The van der Waals surface area contributed by atoms with Gasteiger partial charge in [-0.3, -0.25) is 9.78 Å². The van der Waals surface area contributed by atoms with Gasteiger partial charge in [0.05, 0.1) is 6.54 Å². The number of nitrogens with one attached hydrogen (secondary N) is 1. The summed E-state index contributed by atoms with van der Waals surface area (Å²) >= 11 is 0. The van der Waals surface area contributed by atoms with Crippen LogP contribution in [0.25, 0.3) is 11.1 Å². The Morgan fingerprint density at radius 1 is 1.07 bits per heavy atom. The van der Waals surface area contributed by atoms with E-state index >= 15 is 0 Å². The molecule has 0 aliphatic carbocycles. The van der Waals surface area contributed by atoms with Crippen molar-refractivity contribution in [3.8, 4) is 11.1 Å². The van der Waals surface area contributed by atoms with E-state index in [1.807, 2.05) is 30.3 Å². The largest absolute Gasteiger partial charge is 0.363 e. The number of nitrogens with zero attached hydrogens (tertiary/aromatic N) is 5. The SMILES string of the molecule is CC(Nc1cc(N2CCN(C)C(=O)C2)ncn1)c1ccc(-c2cccnc2)cc1. The Balaban J connectivity index is 1.44. The lowest BCUT2D eigenvalue weighted by atomic mass is 10.0. The van der Waals surface area contributed by atoms with Crippen LogP contribution < -0.4 is 10.2 Å². The van der Waals surface area contributed by atoms with E-state index in [2.05, 4.69) is 57.5 Å². The van der Waals surface area contributed by atoms with Crippen molar-refractivity contribution in [1.29, 1.82) is 0 Å². The first kappa shape index (κ1) is 18.9. The van der Waals surface area contributed by atoms with E-state index in [1.165, 1.54) is 0 Å². The summed E-state index contributed by atoms with van der Waals surface area (Å²) in [7, 11) is 1.83. The Bertz CT molecular complexity index is 976. The predicted octanol–water partition coefficient (Wildman–Crippen LogP) is 2.99. The van der Waals surface area contributed by atoms with Crippen molar-refractivity contribution in [3.63, 3.8) is 0 Å². The van der Waals surface area contributed by atoms with E-state index in [9.17, 15) is 4.79 Å². The molecule has 7 nitrogen and oxygen atoms in total. The maximum Gasteiger partial charge on any atom is 0.241 e. The molecule has 1 aromatic carbocycles. The number of amides is 1. The number of pyridine rings is 1. The number of hydrogen-bond acceptors (Lipinski definition) is 6. The molecule has 3 heterocycles. The van der Waals surface area contributed by atoms with Crippen LogP contribution in [0.4, 0.5) is 11.6 Å². The quantitative estimate of drug-likeness (QED) is 0.724. The van der Waals surface area contributed by atoms with Gasteiger partial charge in [0.2, 0.25) is 5.91 Å². The third-order valence-electron chi connectivity index (χ3n) is 5.20.